The first-order chi connectivity index (χ1) is 9.81. The van der Waals surface area contributed by atoms with Gasteiger partial charge in [0.25, 0.3) is 0 Å². The van der Waals surface area contributed by atoms with E-state index in [0.29, 0.717) is 11.3 Å². The largest absolute Gasteiger partial charge is 0.211 e. The second-order valence-corrected chi connectivity index (χ2v) is 4.13. The van der Waals surface area contributed by atoms with Crippen LogP contribution in [0.2, 0.25) is 0 Å². The van der Waals surface area contributed by atoms with Gasteiger partial charge in [-0.2, -0.15) is 5.26 Å². The average molecular weight is 264 g/mol. The molecule has 0 unspecified atom stereocenters. The molecule has 3 aromatic rings. The molecule has 0 bridgehead atoms. The van der Waals surface area contributed by atoms with Crippen molar-refractivity contribution in [3.63, 3.8) is 0 Å². The highest BCUT2D eigenvalue weighted by molar-refractivity contribution is 5.67. The van der Waals surface area contributed by atoms with Gasteiger partial charge in [0, 0.05) is 5.56 Å². The van der Waals surface area contributed by atoms with E-state index in [0.717, 1.165) is 5.69 Å². The standard InChI is InChI=1S/C15H9FN4/c16-13-9-5-4-8-12(13)15-14(10-17)18-19-20(15)11-6-2-1-3-7-11/h1-9H. The molecule has 96 valence electrons. The van der Waals surface area contributed by atoms with Crippen molar-refractivity contribution in [3.05, 3.63) is 66.1 Å². The average Bonchev–Trinajstić information content (AvgIpc) is 2.92. The van der Waals surface area contributed by atoms with E-state index in [1.807, 2.05) is 36.4 Å². The van der Waals surface area contributed by atoms with Crippen molar-refractivity contribution in [1.82, 2.24) is 15.0 Å². The fraction of sp³-hybridized carbons (Fsp3) is 0. The summed E-state index contributed by atoms with van der Waals surface area (Å²) in [7, 11) is 0. The maximum absolute atomic E-state index is 14.0. The fourth-order valence-corrected chi connectivity index (χ4v) is 2.00. The molecule has 5 heteroatoms. The maximum atomic E-state index is 14.0. The van der Waals surface area contributed by atoms with Gasteiger partial charge >= 0.3 is 0 Å². The Balaban J connectivity index is 2.28. The number of benzene rings is 2. The van der Waals surface area contributed by atoms with Crippen LogP contribution in [0.4, 0.5) is 4.39 Å². The molecule has 0 radical (unpaired) electrons. The minimum absolute atomic E-state index is 0.0963. The number of hydrogen-bond acceptors (Lipinski definition) is 3. The number of para-hydroxylation sites is 1. The topological polar surface area (TPSA) is 54.5 Å². The van der Waals surface area contributed by atoms with Crippen molar-refractivity contribution in [2.24, 2.45) is 0 Å². The fourth-order valence-electron chi connectivity index (χ4n) is 2.00. The number of nitrogens with zero attached hydrogens (tertiary/aromatic N) is 4. The van der Waals surface area contributed by atoms with E-state index < -0.39 is 5.82 Å². The summed E-state index contributed by atoms with van der Waals surface area (Å²) in [4.78, 5) is 0. The molecule has 20 heavy (non-hydrogen) atoms. The zero-order valence-electron chi connectivity index (χ0n) is 10.4. The molecule has 1 aromatic heterocycles. The van der Waals surface area contributed by atoms with Gasteiger partial charge in [-0.25, -0.2) is 9.07 Å². The third-order valence-electron chi connectivity index (χ3n) is 2.91. The highest BCUT2D eigenvalue weighted by Gasteiger charge is 2.18. The van der Waals surface area contributed by atoms with E-state index in [9.17, 15) is 4.39 Å². The molecule has 0 aliphatic heterocycles. The van der Waals surface area contributed by atoms with Crippen LogP contribution in [-0.4, -0.2) is 15.0 Å². The third-order valence-corrected chi connectivity index (χ3v) is 2.91. The smallest absolute Gasteiger partial charge is 0.191 e. The predicted molar refractivity (Wildman–Crippen MR) is 71.5 cm³/mol. The molecular weight excluding hydrogens is 255 g/mol. The molecule has 0 aliphatic carbocycles. The van der Waals surface area contributed by atoms with Gasteiger partial charge in [-0.05, 0) is 24.3 Å². The van der Waals surface area contributed by atoms with Gasteiger partial charge in [0.1, 0.15) is 17.6 Å². The monoisotopic (exact) mass is 264 g/mol. The summed E-state index contributed by atoms with van der Waals surface area (Å²) in [6.07, 6.45) is 0. The van der Waals surface area contributed by atoms with Crippen LogP contribution in [0.15, 0.2) is 54.6 Å². The molecule has 4 nitrogen and oxygen atoms in total. The number of rotatable bonds is 2. The van der Waals surface area contributed by atoms with E-state index in [1.165, 1.54) is 10.7 Å². The van der Waals surface area contributed by atoms with Crippen molar-refractivity contribution in [1.29, 1.82) is 5.26 Å². The molecule has 0 aliphatic rings. The van der Waals surface area contributed by atoms with Crippen molar-refractivity contribution in [2.75, 3.05) is 0 Å². The summed E-state index contributed by atoms with van der Waals surface area (Å²) in [5.41, 5.74) is 1.48. The van der Waals surface area contributed by atoms with Crippen LogP contribution in [0.1, 0.15) is 5.69 Å². The van der Waals surface area contributed by atoms with Crippen LogP contribution in [0, 0.1) is 17.1 Å². The van der Waals surface area contributed by atoms with Gasteiger partial charge in [-0.1, -0.05) is 35.5 Å². The lowest BCUT2D eigenvalue weighted by Crippen LogP contribution is -2.00. The lowest BCUT2D eigenvalue weighted by atomic mass is 10.1. The molecule has 2 aromatic carbocycles. The van der Waals surface area contributed by atoms with Crippen LogP contribution in [0.5, 0.6) is 0 Å². The number of hydrogen-bond donors (Lipinski definition) is 0. The molecule has 0 atom stereocenters. The lowest BCUT2D eigenvalue weighted by Gasteiger charge is -2.07. The molecule has 1 heterocycles. The van der Waals surface area contributed by atoms with Gasteiger partial charge in [0.05, 0.1) is 5.69 Å². The number of nitriles is 1. The first-order valence-corrected chi connectivity index (χ1v) is 5.97. The summed E-state index contributed by atoms with van der Waals surface area (Å²) in [6, 6.07) is 17.4. The van der Waals surface area contributed by atoms with Gasteiger partial charge in [0.15, 0.2) is 5.69 Å². The van der Waals surface area contributed by atoms with E-state index >= 15 is 0 Å². The maximum Gasteiger partial charge on any atom is 0.191 e. The number of halogens is 1. The lowest BCUT2D eigenvalue weighted by molar-refractivity contribution is 0.629. The van der Waals surface area contributed by atoms with Crippen LogP contribution in [0.25, 0.3) is 16.9 Å². The highest BCUT2D eigenvalue weighted by atomic mass is 19.1. The molecule has 0 amide bonds. The van der Waals surface area contributed by atoms with Crippen molar-refractivity contribution >= 4 is 0 Å². The summed E-state index contributed by atoms with van der Waals surface area (Å²) < 4.78 is 15.5. The zero-order chi connectivity index (χ0) is 13.9. The molecule has 3 rings (SSSR count). The van der Waals surface area contributed by atoms with E-state index in [1.54, 1.807) is 18.2 Å². The Bertz CT molecular complexity index is 787. The zero-order valence-corrected chi connectivity index (χ0v) is 10.4. The Labute approximate surface area is 114 Å². The van der Waals surface area contributed by atoms with Crippen LogP contribution < -0.4 is 0 Å². The quantitative estimate of drug-likeness (QED) is 0.715. The SMILES string of the molecule is N#Cc1nnn(-c2ccccc2)c1-c1ccccc1F. The summed E-state index contributed by atoms with van der Waals surface area (Å²) in [5.74, 6) is -0.413. The summed E-state index contributed by atoms with van der Waals surface area (Å²) >= 11 is 0. The van der Waals surface area contributed by atoms with E-state index in [2.05, 4.69) is 10.3 Å². The molecule has 0 N–H and O–H groups in total. The summed E-state index contributed by atoms with van der Waals surface area (Å²) in [5, 5.41) is 16.9. The molecule has 0 saturated heterocycles. The summed E-state index contributed by atoms with van der Waals surface area (Å²) in [6.45, 7) is 0. The van der Waals surface area contributed by atoms with Crippen LogP contribution in [0.3, 0.4) is 0 Å². The first-order valence-electron chi connectivity index (χ1n) is 5.97. The van der Waals surface area contributed by atoms with Crippen LogP contribution in [-0.2, 0) is 0 Å². The van der Waals surface area contributed by atoms with Gasteiger partial charge in [0.2, 0.25) is 0 Å². The van der Waals surface area contributed by atoms with E-state index in [-0.39, 0.29) is 5.69 Å². The third kappa shape index (κ3) is 1.93. The van der Waals surface area contributed by atoms with Gasteiger partial charge < -0.3 is 0 Å². The van der Waals surface area contributed by atoms with Crippen molar-refractivity contribution < 1.29 is 4.39 Å². The van der Waals surface area contributed by atoms with Crippen molar-refractivity contribution in [2.45, 2.75) is 0 Å². The Morgan fingerprint density at radius 2 is 1.70 bits per heavy atom. The Morgan fingerprint density at radius 3 is 2.40 bits per heavy atom. The van der Waals surface area contributed by atoms with Gasteiger partial charge in [-0.3, -0.25) is 0 Å². The highest BCUT2D eigenvalue weighted by Crippen LogP contribution is 2.26. The molecular formula is C15H9FN4. The molecule has 0 spiro atoms. The normalized spacial score (nSPS) is 10.2. The number of aromatic nitrogens is 3. The van der Waals surface area contributed by atoms with Crippen molar-refractivity contribution in [3.8, 4) is 23.0 Å². The Kier molecular flexibility index (Phi) is 2.98. The Hall–Kier alpha value is -3.00. The van der Waals surface area contributed by atoms with Gasteiger partial charge in [-0.15, -0.1) is 5.10 Å². The predicted octanol–water partition coefficient (Wildman–Crippen LogP) is 2.95. The molecule has 0 fully saturated rings. The Morgan fingerprint density at radius 1 is 1.00 bits per heavy atom. The second kappa shape index (κ2) is 4.94. The minimum Gasteiger partial charge on any atom is -0.211 e. The minimum atomic E-state index is -0.413. The van der Waals surface area contributed by atoms with Crippen LogP contribution >= 0.6 is 0 Å². The first kappa shape index (κ1) is 12.1. The second-order valence-electron chi connectivity index (χ2n) is 4.13. The van der Waals surface area contributed by atoms with E-state index in [4.69, 9.17) is 5.26 Å². The molecule has 0 saturated carbocycles.